The predicted octanol–water partition coefficient (Wildman–Crippen LogP) is 4.37. The molecule has 3 rings (SSSR count). The highest BCUT2D eigenvalue weighted by Crippen LogP contribution is 2.31. The molecule has 1 heterocycles. The quantitative estimate of drug-likeness (QED) is 0.665. The first kappa shape index (κ1) is 22.2. The van der Waals surface area contributed by atoms with Crippen molar-refractivity contribution in [3.63, 3.8) is 0 Å². The van der Waals surface area contributed by atoms with Gasteiger partial charge in [-0.25, -0.2) is 4.79 Å². The highest BCUT2D eigenvalue weighted by Gasteiger charge is 2.29. The van der Waals surface area contributed by atoms with E-state index < -0.39 is 25.2 Å². The van der Waals surface area contributed by atoms with Crippen LogP contribution in [0, 0.1) is 0 Å². The maximum absolute atomic E-state index is 12.0. The molecule has 0 atom stereocenters. The van der Waals surface area contributed by atoms with Crippen molar-refractivity contribution in [2.75, 3.05) is 33.5 Å². The van der Waals surface area contributed by atoms with E-state index in [4.69, 9.17) is 14.2 Å². The average Bonchev–Trinajstić information content (AvgIpc) is 2.74. The minimum atomic E-state index is -4.53. The number of hydrogen-bond donors (Lipinski definition) is 1. The lowest BCUT2D eigenvalue weighted by atomic mass is 9.94. The molecule has 6 nitrogen and oxygen atoms in total. The number of amides is 1. The minimum Gasteiger partial charge on any atom is -0.497 e. The van der Waals surface area contributed by atoms with Crippen LogP contribution in [0.1, 0.15) is 24.3 Å². The van der Waals surface area contributed by atoms with Crippen LogP contribution in [0.5, 0.6) is 5.75 Å². The molecule has 1 aliphatic rings. The van der Waals surface area contributed by atoms with Gasteiger partial charge in [0.1, 0.15) is 5.75 Å². The molecule has 0 saturated carbocycles. The number of halogens is 3. The van der Waals surface area contributed by atoms with Crippen molar-refractivity contribution in [2.24, 2.45) is 0 Å². The highest BCUT2D eigenvalue weighted by atomic mass is 19.4. The number of ether oxygens (including phenoxy) is 4. The number of benzene rings is 2. The fourth-order valence-corrected chi connectivity index (χ4v) is 3.32. The van der Waals surface area contributed by atoms with Gasteiger partial charge in [0.2, 0.25) is 0 Å². The molecule has 1 saturated heterocycles. The molecule has 2 aromatic carbocycles. The molecule has 30 heavy (non-hydrogen) atoms. The van der Waals surface area contributed by atoms with Crippen LogP contribution in [0.25, 0.3) is 10.8 Å². The molecule has 0 aliphatic carbocycles. The van der Waals surface area contributed by atoms with Gasteiger partial charge < -0.3 is 24.3 Å². The first-order chi connectivity index (χ1) is 14.4. The van der Waals surface area contributed by atoms with E-state index in [1.807, 2.05) is 30.3 Å². The van der Waals surface area contributed by atoms with E-state index in [2.05, 4.69) is 16.1 Å². The van der Waals surface area contributed by atoms with Crippen LogP contribution < -0.4 is 10.1 Å². The number of hydrogen-bond acceptors (Lipinski definition) is 5. The summed E-state index contributed by atoms with van der Waals surface area (Å²) in [6, 6.07) is 12.0. The summed E-state index contributed by atoms with van der Waals surface area (Å²) in [5.41, 5.74) is 1.14. The first-order valence-corrected chi connectivity index (χ1v) is 9.63. The number of carbonyl (C=O) groups excluding carboxylic acids is 1. The molecule has 9 heteroatoms. The lowest BCUT2D eigenvalue weighted by Gasteiger charge is -2.30. The molecule has 1 fully saturated rings. The third kappa shape index (κ3) is 6.24. The van der Waals surface area contributed by atoms with Crippen LogP contribution in [0.4, 0.5) is 18.0 Å². The van der Waals surface area contributed by atoms with E-state index in [1.54, 1.807) is 7.11 Å². The average molecular weight is 427 g/mol. The topological polar surface area (TPSA) is 66.0 Å². The maximum atomic E-state index is 12.0. The summed E-state index contributed by atoms with van der Waals surface area (Å²) >= 11 is 0. The lowest BCUT2D eigenvalue weighted by Crippen LogP contribution is -2.33. The van der Waals surface area contributed by atoms with E-state index in [9.17, 15) is 18.0 Å². The van der Waals surface area contributed by atoms with Gasteiger partial charge in [0.05, 0.1) is 20.3 Å². The molecular weight excluding hydrogens is 403 g/mol. The van der Waals surface area contributed by atoms with Crippen LogP contribution in [0.15, 0.2) is 36.4 Å². The van der Waals surface area contributed by atoms with Crippen molar-refractivity contribution in [3.05, 3.63) is 42.0 Å². The van der Waals surface area contributed by atoms with Crippen molar-refractivity contribution >= 4 is 16.9 Å². The second-order valence-electron chi connectivity index (χ2n) is 6.99. The monoisotopic (exact) mass is 427 g/mol. The SMILES string of the molecule is COc1ccc2c(C3COC(CCCNC(=O)OCC(F)(F)F)OC3)cccc2c1. The van der Waals surface area contributed by atoms with Gasteiger partial charge in [0.15, 0.2) is 12.9 Å². The van der Waals surface area contributed by atoms with Gasteiger partial charge in [0, 0.05) is 18.9 Å². The number of carbonyl (C=O) groups is 1. The van der Waals surface area contributed by atoms with Crippen LogP contribution in [-0.4, -0.2) is 52.0 Å². The summed E-state index contributed by atoms with van der Waals surface area (Å²) in [5.74, 6) is 0.889. The van der Waals surface area contributed by atoms with Gasteiger partial charge in [-0.2, -0.15) is 13.2 Å². The third-order valence-corrected chi connectivity index (χ3v) is 4.78. The molecule has 1 amide bonds. The van der Waals surface area contributed by atoms with Gasteiger partial charge in [0.25, 0.3) is 0 Å². The number of rotatable bonds is 7. The van der Waals surface area contributed by atoms with Crippen molar-refractivity contribution in [2.45, 2.75) is 31.2 Å². The molecule has 0 spiro atoms. The van der Waals surface area contributed by atoms with Crippen molar-refractivity contribution in [1.29, 1.82) is 0 Å². The predicted molar refractivity (Wildman–Crippen MR) is 104 cm³/mol. The number of alkyl halides is 3. The Kier molecular flexibility index (Phi) is 7.38. The maximum Gasteiger partial charge on any atom is 0.422 e. The summed E-state index contributed by atoms with van der Waals surface area (Å²) in [6.07, 6.45) is -5.04. The zero-order valence-electron chi connectivity index (χ0n) is 16.5. The Morgan fingerprint density at radius 1 is 1.20 bits per heavy atom. The highest BCUT2D eigenvalue weighted by molar-refractivity contribution is 5.87. The van der Waals surface area contributed by atoms with Gasteiger partial charge in [-0.15, -0.1) is 0 Å². The second-order valence-corrected chi connectivity index (χ2v) is 6.99. The largest absolute Gasteiger partial charge is 0.497 e. The molecule has 0 bridgehead atoms. The summed E-state index contributed by atoms with van der Waals surface area (Å²) in [5, 5.41) is 4.48. The molecule has 0 radical (unpaired) electrons. The van der Waals surface area contributed by atoms with Gasteiger partial charge in [-0.3, -0.25) is 0 Å². The van der Waals surface area contributed by atoms with Crippen molar-refractivity contribution < 1.29 is 36.9 Å². The third-order valence-electron chi connectivity index (χ3n) is 4.78. The lowest BCUT2D eigenvalue weighted by molar-refractivity contribution is -0.189. The Balaban J connectivity index is 1.42. The van der Waals surface area contributed by atoms with Crippen LogP contribution in [-0.2, 0) is 14.2 Å². The Hall–Kier alpha value is -2.52. The summed E-state index contributed by atoms with van der Waals surface area (Å²) < 4.78 is 56.9. The molecular formula is C21H24F3NO5. The zero-order valence-corrected chi connectivity index (χ0v) is 16.5. The van der Waals surface area contributed by atoms with Crippen molar-refractivity contribution in [3.8, 4) is 5.75 Å². The number of fused-ring (bicyclic) bond motifs is 1. The summed E-state index contributed by atoms with van der Waals surface area (Å²) in [7, 11) is 1.63. The first-order valence-electron chi connectivity index (χ1n) is 9.63. The van der Waals surface area contributed by atoms with E-state index in [-0.39, 0.29) is 12.5 Å². The fourth-order valence-electron chi connectivity index (χ4n) is 3.32. The van der Waals surface area contributed by atoms with E-state index in [0.29, 0.717) is 26.1 Å². The zero-order chi connectivity index (χ0) is 21.6. The van der Waals surface area contributed by atoms with E-state index >= 15 is 0 Å². The molecule has 0 aromatic heterocycles. The van der Waals surface area contributed by atoms with Crippen LogP contribution in [0.2, 0.25) is 0 Å². The molecule has 1 aliphatic heterocycles. The summed E-state index contributed by atoms with van der Waals surface area (Å²) in [6.45, 7) is -0.432. The second kappa shape index (κ2) is 9.99. The van der Waals surface area contributed by atoms with Crippen LogP contribution in [0.3, 0.4) is 0 Å². The molecule has 1 N–H and O–H groups in total. The Labute approximate surface area is 172 Å². The van der Waals surface area contributed by atoms with Crippen LogP contribution >= 0.6 is 0 Å². The molecule has 164 valence electrons. The van der Waals surface area contributed by atoms with E-state index in [1.165, 1.54) is 0 Å². The number of alkyl carbamates (subject to hydrolysis) is 1. The Bertz CT molecular complexity index is 850. The van der Waals surface area contributed by atoms with Gasteiger partial charge >= 0.3 is 12.3 Å². The molecule has 2 aromatic rings. The Morgan fingerprint density at radius 2 is 1.97 bits per heavy atom. The van der Waals surface area contributed by atoms with Gasteiger partial charge in [-0.05, 0) is 34.9 Å². The van der Waals surface area contributed by atoms with Crippen molar-refractivity contribution in [1.82, 2.24) is 5.32 Å². The Morgan fingerprint density at radius 3 is 2.67 bits per heavy atom. The standard InChI is InChI=1S/C21H24F3NO5/c1-27-16-7-8-18-14(10-16)4-2-5-17(18)15-11-28-19(29-12-15)6-3-9-25-20(26)30-13-21(22,23)24/h2,4-5,7-8,10,15,19H,3,6,9,11-13H2,1H3,(H,25,26). The smallest absolute Gasteiger partial charge is 0.422 e. The number of methoxy groups -OCH3 is 1. The fraction of sp³-hybridized carbons (Fsp3) is 0.476. The minimum absolute atomic E-state index is 0.0915. The molecule has 0 unspecified atom stereocenters. The van der Waals surface area contributed by atoms with E-state index in [0.717, 1.165) is 22.1 Å². The number of nitrogens with one attached hydrogen (secondary N) is 1. The normalized spacial score (nSPS) is 19.5. The summed E-state index contributed by atoms with van der Waals surface area (Å²) in [4.78, 5) is 11.2. The van der Waals surface area contributed by atoms with Gasteiger partial charge in [-0.1, -0.05) is 24.3 Å².